The van der Waals surface area contributed by atoms with Gasteiger partial charge < -0.3 is 0 Å². The Kier molecular flexibility index (Phi) is 3.88. The molecular formula is C14H13ClN6O. The molecule has 0 fully saturated rings. The van der Waals surface area contributed by atoms with Crippen LogP contribution in [0.25, 0.3) is 16.7 Å². The van der Waals surface area contributed by atoms with Crippen LogP contribution < -0.4 is 10.9 Å². The molecule has 1 aromatic carbocycles. The van der Waals surface area contributed by atoms with Crippen LogP contribution in [0, 0.1) is 0 Å². The first kappa shape index (κ1) is 14.3. The van der Waals surface area contributed by atoms with E-state index in [0.717, 1.165) is 5.69 Å². The monoisotopic (exact) mass is 316 g/mol. The van der Waals surface area contributed by atoms with E-state index in [-0.39, 0.29) is 5.91 Å². The van der Waals surface area contributed by atoms with Gasteiger partial charge in [-0.15, -0.1) is 0 Å². The molecule has 2 N–H and O–H groups in total. The number of hydrogen-bond donors (Lipinski definition) is 2. The largest absolute Gasteiger partial charge is 0.281 e. The van der Waals surface area contributed by atoms with Crippen molar-refractivity contribution in [3.05, 3.63) is 41.8 Å². The van der Waals surface area contributed by atoms with Crippen molar-refractivity contribution in [1.82, 2.24) is 25.2 Å². The molecule has 112 valence electrons. The number of fused-ring (bicyclic) bond motifs is 1. The molecule has 0 saturated heterocycles. The average Bonchev–Trinajstić information content (AvgIpc) is 2.98. The molecule has 2 aromatic heterocycles. The first-order chi connectivity index (χ1) is 10.7. The Labute approximate surface area is 131 Å². The minimum absolute atomic E-state index is 0.128. The van der Waals surface area contributed by atoms with Gasteiger partial charge in [0, 0.05) is 11.4 Å². The van der Waals surface area contributed by atoms with Crippen molar-refractivity contribution >= 4 is 34.4 Å². The lowest BCUT2D eigenvalue weighted by atomic mass is 10.3. The van der Waals surface area contributed by atoms with E-state index in [0.29, 0.717) is 28.3 Å². The van der Waals surface area contributed by atoms with Gasteiger partial charge in [-0.1, -0.05) is 18.5 Å². The van der Waals surface area contributed by atoms with E-state index in [4.69, 9.17) is 11.6 Å². The fourth-order valence-corrected chi connectivity index (χ4v) is 2.06. The van der Waals surface area contributed by atoms with Crippen LogP contribution in [-0.4, -0.2) is 25.7 Å². The van der Waals surface area contributed by atoms with Crippen LogP contribution in [-0.2, 0) is 4.79 Å². The highest BCUT2D eigenvalue weighted by Crippen LogP contribution is 2.21. The van der Waals surface area contributed by atoms with Crippen LogP contribution in [0.3, 0.4) is 0 Å². The molecule has 0 aliphatic heterocycles. The Morgan fingerprint density at radius 1 is 1.27 bits per heavy atom. The first-order valence-electron chi connectivity index (χ1n) is 6.68. The van der Waals surface area contributed by atoms with Crippen molar-refractivity contribution in [3.8, 4) is 5.69 Å². The zero-order valence-corrected chi connectivity index (χ0v) is 12.5. The van der Waals surface area contributed by atoms with E-state index >= 15 is 0 Å². The third kappa shape index (κ3) is 2.71. The Bertz CT molecular complexity index is 814. The fourth-order valence-electron chi connectivity index (χ4n) is 1.93. The van der Waals surface area contributed by atoms with Crippen molar-refractivity contribution in [3.63, 3.8) is 0 Å². The summed E-state index contributed by atoms with van der Waals surface area (Å²) in [6, 6.07) is 7.27. The molecular weight excluding hydrogens is 304 g/mol. The second kappa shape index (κ2) is 5.98. The Morgan fingerprint density at radius 2 is 2.05 bits per heavy atom. The van der Waals surface area contributed by atoms with E-state index in [1.54, 1.807) is 29.9 Å². The number of carbonyl (C=O) groups excluding carboxylic acids is 1. The quantitative estimate of drug-likeness (QED) is 0.722. The number of hydrogen-bond acceptors (Lipinski definition) is 5. The zero-order chi connectivity index (χ0) is 15.5. The van der Waals surface area contributed by atoms with Gasteiger partial charge in [0.25, 0.3) is 0 Å². The Balaban J connectivity index is 1.98. The molecule has 22 heavy (non-hydrogen) atoms. The third-order valence-corrected chi connectivity index (χ3v) is 3.33. The van der Waals surface area contributed by atoms with Crippen molar-refractivity contribution in [2.45, 2.75) is 13.3 Å². The standard InChI is InChI=1S/C14H13ClN6O/c1-2-12(22)19-20-13-11-7-18-21(14(11)17-8-16-13)10-5-3-9(15)4-6-10/h3-8H,2H2,1H3,(H,19,22)(H,16,17,20). The third-order valence-electron chi connectivity index (χ3n) is 3.08. The molecule has 0 atom stereocenters. The van der Waals surface area contributed by atoms with E-state index in [1.807, 2.05) is 12.1 Å². The number of carbonyl (C=O) groups is 1. The summed E-state index contributed by atoms with van der Waals surface area (Å²) in [7, 11) is 0. The molecule has 0 radical (unpaired) electrons. The zero-order valence-electron chi connectivity index (χ0n) is 11.7. The molecule has 8 heteroatoms. The van der Waals surface area contributed by atoms with Gasteiger partial charge in [0.15, 0.2) is 11.5 Å². The summed E-state index contributed by atoms with van der Waals surface area (Å²) in [6.45, 7) is 1.77. The molecule has 0 aliphatic carbocycles. The molecule has 1 amide bonds. The topological polar surface area (TPSA) is 84.7 Å². The van der Waals surface area contributed by atoms with E-state index in [9.17, 15) is 4.79 Å². The summed E-state index contributed by atoms with van der Waals surface area (Å²) in [5, 5.41) is 5.68. The highest BCUT2D eigenvalue weighted by atomic mass is 35.5. The smallest absolute Gasteiger partial charge is 0.238 e. The van der Waals surface area contributed by atoms with Gasteiger partial charge in [0.1, 0.15) is 6.33 Å². The van der Waals surface area contributed by atoms with Gasteiger partial charge in [0.2, 0.25) is 5.91 Å². The van der Waals surface area contributed by atoms with E-state index < -0.39 is 0 Å². The number of nitrogens with zero attached hydrogens (tertiary/aromatic N) is 4. The van der Waals surface area contributed by atoms with Crippen molar-refractivity contribution < 1.29 is 4.79 Å². The minimum atomic E-state index is -0.128. The predicted molar refractivity (Wildman–Crippen MR) is 83.7 cm³/mol. The molecule has 2 heterocycles. The maximum atomic E-state index is 11.3. The fraction of sp³-hybridized carbons (Fsp3) is 0.143. The average molecular weight is 317 g/mol. The SMILES string of the molecule is CCC(=O)NNc1ncnc2c1cnn2-c1ccc(Cl)cc1. The summed E-state index contributed by atoms with van der Waals surface area (Å²) < 4.78 is 1.68. The lowest BCUT2D eigenvalue weighted by Gasteiger charge is -2.07. The maximum Gasteiger partial charge on any atom is 0.238 e. The van der Waals surface area contributed by atoms with Crippen molar-refractivity contribution in [1.29, 1.82) is 0 Å². The van der Waals surface area contributed by atoms with Gasteiger partial charge >= 0.3 is 0 Å². The molecule has 0 saturated carbocycles. The number of hydrazine groups is 1. The molecule has 0 aliphatic rings. The van der Waals surface area contributed by atoms with Crippen LogP contribution in [0.4, 0.5) is 5.82 Å². The van der Waals surface area contributed by atoms with Crippen LogP contribution in [0.1, 0.15) is 13.3 Å². The molecule has 3 rings (SSSR count). The van der Waals surface area contributed by atoms with Crippen LogP contribution >= 0.6 is 11.6 Å². The van der Waals surface area contributed by atoms with Gasteiger partial charge in [-0.3, -0.25) is 15.6 Å². The Morgan fingerprint density at radius 3 is 2.77 bits per heavy atom. The first-order valence-corrected chi connectivity index (χ1v) is 7.06. The Hall–Kier alpha value is -2.67. The number of amides is 1. The number of aromatic nitrogens is 4. The second-order valence-electron chi connectivity index (χ2n) is 4.52. The predicted octanol–water partition coefficient (Wildman–Crippen LogP) is 2.32. The van der Waals surface area contributed by atoms with E-state index in [2.05, 4.69) is 25.9 Å². The van der Waals surface area contributed by atoms with Gasteiger partial charge in [-0.05, 0) is 24.3 Å². The van der Waals surface area contributed by atoms with Gasteiger partial charge in [0.05, 0.1) is 17.3 Å². The molecule has 0 spiro atoms. The summed E-state index contributed by atoms with van der Waals surface area (Å²) in [4.78, 5) is 19.7. The molecule has 0 unspecified atom stereocenters. The summed E-state index contributed by atoms with van der Waals surface area (Å²) in [6.07, 6.45) is 3.44. The number of rotatable bonds is 4. The number of halogens is 1. The normalized spacial score (nSPS) is 10.6. The van der Waals surface area contributed by atoms with Crippen LogP contribution in [0.2, 0.25) is 5.02 Å². The van der Waals surface area contributed by atoms with Gasteiger partial charge in [-0.25, -0.2) is 14.6 Å². The summed E-state index contributed by atoms with van der Waals surface area (Å²) in [5.74, 6) is 0.365. The summed E-state index contributed by atoms with van der Waals surface area (Å²) >= 11 is 5.90. The molecule has 3 aromatic rings. The maximum absolute atomic E-state index is 11.3. The molecule has 0 bridgehead atoms. The number of nitrogens with one attached hydrogen (secondary N) is 2. The highest BCUT2D eigenvalue weighted by molar-refractivity contribution is 6.30. The lowest BCUT2D eigenvalue weighted by Crippen LogP contribution is -2.29. The second-order valence-corrected chi connectivity index (χ2v) is 4.96. The van der Waals surface area contributed by atoms with Crippen molar-refractivity contribution in [2.75, 3.05) is 5.43 Å². The molecule has 7 nitrogen and oxygen atoms in total. The number of benzene rings is 1. The lowest BCUT2D eigenvalue weighted by molar-refractivity contribution is -0.120. The highest BCUT2D eigenvalue weighted by Gasteiger charge is 2.11. The van der Waals surface area contributed by atoms with Gasteiger partial charge in [-0.2, -0.15) is 5.10 Å². The van der Waals surface area contributed by atoms with Crippen molar-refractivity contribution in [2.24, 2.45) is 0 Å². The summed E-state index contributed by atoms with van der Waals surface area (Å²) in [5.41, 5.74) is 6.82. The van der Waals surface area contributed by atoms with Crippen LogP contribution in [0.15, 0.2) is 36.8 Å². The van der Waals surface area contributed by atoms with E-state index in [1.165, 1.54) is 6.33 Å². The number of anilines is 1. The van der Waals surface area contributed by atoms with Crippen LogP contribution in [0.5, 0.6) is 0 Å². The minimum Gasteiger partial charge on any atom is -0.281 e.